The number of carbonyl (C=O) groups excluding carboxylic acids is 1. The number of carbonyl (C=O) groups is 2. The van der Waals surface area contributed by atoms with Crippen LogP contribution in [0.15, 0.2) is 27.7 Å². The Labute approximate surface area is 133 Å². The van der Waals surface area contributed by atoms with Gasteiger partial charge in [-0.2, -0.15) is 0 Å². The van der Waals surface area contributed by atoms with Gasteiger partial charge in [-0.25, -0.2) is 9.79 Å². The van der Waals surface area contributed by atoms with Gasteiger partial charge in [-0.3, -0.25) is 4.79 Å². The van der Waals surface area contributed by atoms with Crippen molar-refractivity contribution in [1.82, 2.24) is 10.2 Å². The monoisotopic (exact) mass is 329 g/mol. The third-order valence-electron chi connectivity index (χ3n) is 2.66. The van der Waals surface area contributed by atoms with E-state index in [0.717, 1.165) is 4.90 Å². The molecule has 0 saturated carbocycles. The van der Waals surface area contributed by atoms with Crippen LogP contribution >= 0.6 is 11.6 Å². The fourth-order valence-corrected chi connectivity index (χ4v) is 2.15. The SMILES string of the molecule is CC(=CC(=O)NC(C)(C)C)N1C(Cl)=C(N)N=C(N)C1C(=O)O. The number of nitrogens with zero attached hydrogens (tertiary/aromatic N) is 2. The Morgan fingerprint density at radius 1 is 1.41 bits per heavy atom. The Hall–Kier alpha value is -2.22. The highest BCUT2D eigenvalue weighted by Crippen LogP contribution is 2.26. The van der Waals surface area contributed by atoms with Crippen molar-refractivity contribution < 1.29 is 14.7 Å². The molecule has 1 aliphatic rings. The second kappa shape index (κ2) is 6.27. The van der Waals surface area contributed by atoms with E-state index in [0.29, 0.717) is 0 Å². The van der Waals surface area contributed by atoms with Crippen molar-refractivity contribution in [2.45, 2.75) is 39.3 Å². The normalized spacial score (nSPS) is 19.9. The van der Waals surface area contributed by atoms with Gasteiger partial charge in [0, 0.05) is 17.3 Å². The van der Waals surface area contributed by atoms with Crippen LogP contribution < -0.4 is 16.8 Å². The average Bonchev–Trinajstić information content (AvgIpc) is 2.29. The molecule has 1 unspecified atom stereocenters. The van der Waals surface area contributed by atoms with Crippen molar-refractivity contribution in [2.75, 3.05) is 0 Å². The van der Waals surface area contributed by atoms with E-state index in [-0.39, 0.29) is 22.5 Å². The summed E-state index contributed by atoms with van der Waals surface area (Å²) in [5.41, 5.74) is 11.1. The minimum absolute atomic E-state index is 0.0982. The lowest BCUT2D eigenvalue weighted by Crippen LogP contribution is -2.51. The predicted molar refractivity (Wildman–Crippen MR) is 83.6 cm³/mol. The Kier molecular flexibility index (Phi) is 5.08. The minimum atomic E-state index is -1.32. The molecular weight excluding hydrogens is 310 g/mol. The van der Waals surface area contributed by atoms with Crippen LogP contribution in [0.4, 0.5) is 0 Å². The minimum Gasteiger partial charge on any atom is -0.479 e. The molecule has 0 aliphatic carbocycles. The van der Waals surface area contributed by atoms with E-state index in [4.69, 9.17) is 23.1 Å². The number of aliphatic carboxylic acids is 1. The predicted octanol–water partition coefficient (Wildman–Crippen LogP) is 0.255. The molecule has 9 heteroatoms. The summed E-state index contributed by atoms with van der Waals surface area (Å²) in [7, 11) is 0. The standard InChI is InChI=1S/C13H20ClN5O3/c1-6(5-7(20)18-13(2,3)4)19-8(12(21)22)10(15)17-11(16)9(19)14/h5,8H,16H2,1-4H3,(H2,15,17)(H,18,20)(H,21,22). The molecule has 0 spiro atoms. The summed E-state index contributed by atoms with van der Waals surface area (Å²) in [4.78, 5) is 28.2. The Morgan fingerprint density at radius 3 is 2.41 bits per heavy atom. The molecule has 1 amide bonds. The van der Waals surface area contributed by atoms with Crippen LogP contribution in [0.1, 0.15) is 27.7 Å². The number of carboxylic acid groups (broad SMARTS) is 1. The summed E-state index contributed by atoms with van der Waals surface area (Å²) in [6.45, 7) is 7.01. The van der Waals surface area contributed by atoms with Crippen LogP contribution in [-0.2, 0) is 9.59 Å². The average molecular weight is 330 g/mol. The molecular formula is C13H20ClN5O3. The molecule has 0 fully saturated rings. The highest BCUT2D eigenvalue weighted by molar-refractivity contribution is 6.30. The molecule has 0 saturated heterocycles. The molecule has 0 aromatic carbocycles. The summed E-state index contributed by atoms with van der Waals surface area (Å²) in [6, 6.07) is -1.32. The number of rotatable bonds is 3. The number of nitrogens with one attached hydrogen (secondary N) is 1. The quantitative estimate of drug-likeness (QED) is 0.433. The van der Waals surface area contributed by atoms with E-state index < -0.39 is 23.5 Å². The maximum absolute atomic E-state index is 11.9. The second-order valence-corrected chi connectivity index (χ2v) is 6.21. The highest BCUT2D eigenvalue weighted by atomic mass is 35.5. The smallest absolute Gasteiger partial charge is 0.334 e. The number of amidine groups is 1. The van der Waals surface area contributed by atoms with E-state index in [2.05, 4.69) is 10.3 Å². The van der Waals surface area contributed by atoms with Crippen LogP contribution in [0.5, 0.6) is 0 Å². The number of hydrogen-bond acceptors (Lipinski definition) is 6. The van der Waals surface area contributed by atoms with Crippen LogP contribution in [0.2, 0.25) is 0 Å². The lowest BCUT2D eigenvalue weighted by atomic mass is 10.1. The summed E-state index contributed by atoms with van der Waals surface area (Å²) in [6.07, 6.45) is 1.23. The number of aliphatic imine (C=N–C) groups is 1. The highest BCUT2D eigenvalue weighted by Gasteiger charge is 2.36. The van der Waals surface area contributed by atoms with Crippen molar-refractivity contribution in [3.05, 3.63) is 22.8 Å². The van der Waals surface area contributed by atoms with Crippen molar-refractivity contribution >= 4 is 29.3 Å². The van der Waals surface area contributed by atoms with E-state index in [9.17, 15) is 14.7 Å². The summed E-state index contributed by atoms with van der Waals surface area (Å²) >= 11 is 6.03. The fourth-order valence-electron chi connectivity index (χ4n) is 1.88. The molecule has 0 radical (unpaired) electrons. The van der Waals surface area contributed by atoms with Crippen LogP contribution in [0, 0.1) is 0 Å². The molecule has 6 N–H and O–H groups in total. The number of hydrogen-bond donors (Lipinski definition) is 4. The summed E-state index contributed by atoms with van der Waals surface area (Å²) < 4.78 is 0. The third-order valence-corrected chi connectivity index (χ3v) is 3.04. The van der Waals surface area contributed by atoms with Crippen LogP contribution in [0.3, 0.4) is 0 Å². The van der Waals surface area contributed by atoms with Crippen molar-refractivity contribution in [3.63, 3.8) is 0 Å². The topological polar surface area (TPSA) is 134 Å². The molecule has 8 nitrogen and oxygen atoms in total. The Bertz CT molecular complexity index is 589. The lowest BCUT2D eigenvalue weighted by Gasteiger charge is -2.33. The van der Waals surface area contributed by atoms with Crippen molar-refractivity contribution in [3.8, 4) is 0 Å². The number of amides is 1. The van der Waals surface area contributed by atoms with E-state index >= 15 is 0 Å². The summed E-state index contributed by atoms with van der Waals surface area (Å²) in [5, 5.41) is 11.9. The van der Waals surface area contributed by atoms with Gasteiger partial charge in [0.1, 0.15) is 5.84 Å². The zero-order valence-electron chi connectivity index (χ0n) is 12.8. The first kappa shape index (κ1) is 17.8. The molecule has 1 atom stereocenters. The maximum atomic E-state index is 11.9. The van der Waals surface area contributed by atoms with Crippen LogP contribution in [0.25, 0.3) is 0 Å². The van der Waals surface area contributed by atoms with Gasteiger partial charge in [-0.1, -0.05) is 11.6 Å². The lowest BCUT2D eigenvalue weighted by molar-refractivity contribution is -0.139. The first-order valence-electron chi connectivity index (χ1n) is 6.46. The third kappa shape index (κ3) is 4.14. The number of allylic oxidation sites excluding steroid dienone is 1. The van der Waals surface area contributed by atoms with Crippen molar-refractivity contribution in [2.24, 2.45) is 16.5 Å². The first-order valence-corrected chi connectivity index (χ1v) is 6.83. The molecule has 1 heterocycles. The largest absolute Gasteiger partial charge is 0.479 e. The number of nitrogens with two attached hydrogens (primary N) is 2. The molecule has 1 rings (SSSR count). The van der Waals surface area contributed by atoms with Gasteiger partial charge in [0.05, 0.1) is 0 Å². The zero-order valence-corrected chi connectivity index (χ0v) is 13.6. The van der Waals surface area contributed by atoms with E-state index in [1.807, 2.05) is 20.8 Å². The van der Waals surface area contributed by atoms with E-state index in [1.54, 1.807) is 0 Å². The Morgan fingerprint density at radius 2 is 1.95 bits per heavy atom. The molecule has 0 bridgehead atoms. The van der Waals surface area contributed by atoms with Gasteiger partial charge >= 0.3 is 5.97 Å². The second-order valence-electron chi connectivity index (χ2n) is 5.85. The fraction of sp³-hybridized carbons (Fsp3) is 0.462. The molecule has 0 aromatic heterocycles. The number of carboxylic acids is 1. The van der Waals surface area contributed by atoms with Crippen LogP contribution in [-0.4, -0.2) is 39.3 Å². The molecule has 0 aromatic rings. The molecule has 122 valence electrons. The maximum Gasteiger partial charge on any atom is 0.334 e. The summed E-state index contributed by atoms with van der Waals surface area (Å²) in [5.74, 6) is -1.96. The Balaban J connectivity index is 3.17. The van der Waals surface area contributed by atoms with Gasteiger partial charge in [0.15, 0.2) is 17.0 Å². The van der Waals surface area contributed by atoms with Gasteiger partial charge in [-0.15, -0.1) is 0 Å². The van der Waals surface area contributed by atoms with Gasteiger partial charge in [-0.05, 0) is 27.7 Å². The first-order chi connectivity index (χ1) is 9.94. The molecule has 1 aliphatic heterocycles. The zero-order chi connectivity index (χ0) is 17.2. The van der Waals surface area contributed by atoms with Crippen molar-refractivity contribution in [1.29, 1.82) is 0 Å². The number of halogens is 1. The van der Waals surface area contributed by atoms with Gasteiger partial charge in [0.2, 0.25) is 5.91 Å². The van der Waals surface area contributed by atoms with E-state index in [1.165, 1.54) is 13.0 Å². The van der Waals surface area contributed by atoms with Gasteiger partial charge in [0.25, 0.3) is 0 Å². The van der Waals surface area contributed by atoms with Gasteiger partial charge < -0.3 is 26.8 Å². The molecule has 22 heavy (non-hydrogen) atoms.